The Morgan fingerprint density at radius 2 is 0.969 bits per heavy atom. The molecule has 2 aliphatic rings. The van der Waals surface area contributed by atoms with Gasteiger partial charge in [-0.2, -0.15) is 0 Å². The average molecular weight is 825 g/mol. The molecule has 4 nitrogen and oxygen atoms in total. The summed E-state index contributed by atoms with van der Waals surface area (Å²) in [4.78, 5) is 15.8. The summed E-state index contributed by atoms with van der Waals surface area (Å²) >= 11 is 0. The summed E-state index contributed by atoms with van der Waals surface area (Å²) in [5.41, 5.74) is 18.4. The largest absolute Gasteiger partial charge is 0.311 e. The SMILES string of the molecule is CC1(c2nc3c(-c4ccc5c(c4)C(C)(C)c4ccccc4-5)cccc3nc2-c2ccccc2)C=CC(N(c2ccccc2)c2ccc(N(c3ccccc3)c3ccccc3)cc2)=CC1. The number of aromatic nitrogens is 2. The summed E-state index contributed by atoms with van der Waals surface area (Å²) in [6, 6.07) is 73.4. The lowest BCUT2D eigenvalue weighted by atomic mass is 9.77. The Balaban J connectivity index is 0.983. The van der Waals surface area contributed by atoms with Crippen LogP contribution in [0.3, 0.4) is 0 Å². The fraction of sp³-hybridized carbons (Fsp3) is 0.100. The minimum absolute atomic E-state index is 0.103. The summed E-state index contributed by atoms with van der Waals surface area (Å²) in [5, 5.41) is 0. The number of allylic oxidation sites excluding steroid dienone is 3. The highest BCUT2D eigenvalue weighted by molar-refractivity contribution is 5.95. The molecule has 0 saturated carbocycles. The minimum atomic E-state index is -0.442. The number of fused-ring (bicyclic) bond motifs is 4. The van der Waals surface area contributed by atoms with Gasteiger partial charge in [-0.25, -0.2) is 9.97 Å². The smallest absolute Gasteiger partial charge is 0.0969 e. The van der Waals surface area contributed by atoms with Crippen LogP contribution in [0.5, 0.6) is 0 Å². The van der Waals surface area contributed by atoms with Gasteiger partial charge in [0.1, 0.15) is 0 Å². The molecule has 8 aromatic carbocycles. The van der Waals surface area contributed by atoms with Gasteiger partial charge in [0.25, 0.3) is 0 Å². The summed E-state index contributed by atoms with van der Waals surface area (Å²) in [6.07, 6.45) is 7.73. The van der Waals surface area contributed by atoms with Gasteiger partial charge < -0.3 is 9.80 Å². The Hall–Kier alpha value is -7.82. The third-order valence-corrected chi connectivity index (χ3v) is 13.2. The molecule has 0 aliphatic heterocycles. The number of anilines is 5. The standard InChI is InChI=1S/C60H48N4/c1-59(2)53-29-17-16-27-51(53)52-36-31-43(41-54(52)59)50-28-18-30-55-57(50)62-58(56(61-55)42-19-8-4-9-20-42)60(3)39-37-49(38-40-60)64(46-25-14-7-15-26-46)48-34-32-47(33-35-48)63(44-21-10-5-11-22-44)45-23-12-6-13-24-45/h4-39,41H,40H2,1-3H3. The third-order valence-electron chi connectivity index (χ3n) is 13.2. The van der Waals surface area contributed by atoms with Crippen LogP contribution in [0.2, 0.25) is 0 Å². The van der Waals surface area contributed by atoms with E-state index in [1.165, 1.54) is 22.3 Å². The molecule has 2 aliphatic carbocycles. The van der Waals surface area contributed by atoms with E-state index >= 15 is 0 Å². The van der Waals surface area contributed by atoms with Crippen LogP contribution >= 0.6 is 0 Å². The zero-order chi connectivity index (χ0) is 43.3. The average Bonchev–Trinajstić information content (AvgIpc) is 3.58. The van der Waals surface area contributed by atoms with Crippen molar-refractivity contribution in [3.8, 4) is 33.5 Å². The van der Waals surface area contributed by atoms with Crippen molar-refractivity contribution in [2.45, 2.75) is 38.0 Å². The van der Waals surface area contributed by atoms with Crippen LogP contribution in [-0.4, -0.2) is 9.97 Å². The van der Waals surface area contributed by atoms with Gasteiger partial charge >= 0.3 is 0 Å². The molecule has 1 heterocycles. The molecular formula is C60H48N4. The number of hydrogen-bond donors (Lipinski definition) is 0. The van der Waals surface area contributed by atoms with Crippen molar-refractivity contribution in [1.82, 2.24) is 9.97 Å². The number of hydrogen-bond acceptors (Lipinski definition) is 4. The van der Waals surface area contributed by atoms with Gasteiger partial charge in [-0.15, -0.1) is 0 Å². The first-order valence-corrected chi connectivity index (χ1v) is 22.2. The zero-order valence-electron chi connectivity index (χ0n) is 36.4. The second kappa shape index (κ2) is 15.8. The topological polar surface area (TPSA) is 32.3 Å². The molecule has 11 rings (SSSR count). The van der Waals surface area contributed by atoms with Gasteiger partial charge in [-0.1, -0.05) is 166 Å². The molecule has 64 heavy (non-hydrogen) atoms. The van der Waals surface area contributed by atoms with Crippen molar-refractivity contribution >= 4 is 39.5 Å². The van der Waals surface area contributed by atoms with E-state index in [0.717, 1.165) is 79.7 Å². The first-order chi connectivity index (χ1) is 31.4. The van der Waals surface area contributed by atoms with E-state index in [4.69, 9.17) is 9.97 Å². The van der Waals surface area contributed by atoms with Crippen LogP contribution in [-0.2, 0) is 10.8 Å². The molecule has 1 unspecified atom stereocenters. The van der Waals surface area contributed by atoms with E-state index in [1.807, 2.05) is 0 Å². The van der Waals surface area contributed by atoms with Gasteiger partial charge in [0, 0.05) is 56.1 Å². The predicted molar refractivity (Wildman–Crippen MR) is 267 cm³/mol. The van der Waals surface area contributed by atoms with E-state index in [1.54, 1.807) is 0 Å². The van der Waals surface area contributed by atoms with Crippen LogP contribution < -0.4 is 9.80 Å². The first kappa shape index (κ1) is 39.1. The van der Waals surface area contributed by atoms with E-state index in [-0.39, 0.29) is 5.41 Å². The molecule has 0 radical (unpaired) electrons. The molecule has 0 spiro atoms. The van der Waals surface area contributed by atoms with Crippen molar-refractivity contribution < 1.29 is 0 Å². The van der Waals surface area contributed by atoms with Gasteiger partial charge in [0.05, 0.1) is 22.4 Å². The summed E-state index contributed by atoms with van der Waals surface area (Å²) < 4.78 is 0. The van der Waals surface area contributed by atoms with Crippen molar-refractivity contribution in [1.29, 1.82) is 0 Å². The lowest BCUT2D eigenvalue weighted by Gasteiger charge is -2.34. The van der Waals surface area contributed by atoms with E-state index in [0.29, 0.717) is 0 Å². The lowest BCUT2D eigenvalue weighted by Crippen LogP contribution is -2.26. The van der Waals surface area contributed by atoms with Crippen LogP contribution in [0.1, 0.15) is 44.0 Å². The van der Waals surface area contributed by atoms with Crippen LogP contribution in [0.25, 0.3) is 44.5 Å². The monoisotopic (exact) mass is 824 g/mol. The van der Waals surface area contributed by atoms with Gasteiger partial charge in [0.2, 0.25) is 0 Å². The number of para-hydroxylation sites is 4. The maximum atomic E-state index is 5.69. The number of benzene rings is 8. The Bertz CT molecular complexity index is 3170. The first-order valence-electron chi connectivity index (χ1n) is 22.2. The Kier molecular flexibility index (Phi) is 9.66. The highest BCUT2D eigenvalue weighted by Gasteiger charge is 2.36. The third kappa shape index (κ3) is 6.79. The molecular weight excluding hydrogens is 777 g/mol. The van der Waals surface area contributed by atoms with Crippen molar-refractivity contribution in [2.24, 2.45) is 0 Å². The van der Waals surface area contributed by atoms with Crippen LogP contribution in [0, 0.1) is 0 Å². The fourth-order valence-corrected chi connectivity index (χ4v) is 9.82. The highest BCUT2D eigenvalue weighted by Crippen LogP contribution is 2.50. The fourth-order valence-electron chi connectivity index (χ4n) is 9.82. The zero-order valence-corrected chi connectivity index (χ0v) is 36.4. The molecule has 0 amide bonds. The maximum absolute atomic E-state index is 5.69. The summed E-state index contributed by atoms with van der Waals surface area (Å²) in [7, 11) is 0. The molecule has 1 atom stereocenters. The Labute approximate surface area is 376 Å². The van der Waals surface area contributed by atoms with Gasteiger partial charge in [-0.3, -0.25) is 0 Å². The molecule has 0 bridgehead atoms. The number of nitrogens with zero attached hydrogens (tertiary/aromatic N) is 4. The Morgan fingerprint density at radius 3 is 1.59 bits per heavy atom. The minimum Gasteiger partial charge on any atom is -0.311 e. The summed E-state index contributed by atoms with van der Waals surface area (Å²) in [6.45, 7) is 6.98. The van der Waals surface area contributed by atoms with E-state index in [9.17, 15) is 0 Å². The second-order valence-corrected chi connectivity index (χ2v) is 17.7. The van der Waals surface area contributed by atoms with Gasteiger partial charge in [0.15, 0.2) is 0 Å². The second-order valence-electron chi connectivity index (χ2n) is 17.7. The quantitative estimate of drug-likeness (QED) is 0.145. The lowest BCUT2D eigenvalue weighted by molar-refractivity contribution is 0.577. The van der Waals surface area contributed by atoms with E-state index < -0.39 is 5.41 Å². The van der Waals surface area contributed by atoms with Crippen LogP contribution in [0.15, 0.2) is 230 Å². The number of rotatable bonds is 9. The van der Waals surface area contributed by atoms with Crippen molar-refractivity contribution in [3.63, 3.8) is 0 Å². The van der Waals surface area contributed by atoms with Gasteiger partial charge in [-0.05, 0) is 113 Å². The molecule has 0 saturated heterocycles. The molecule has 4 heteroatoms. The normalized spacial score (nSPS) is 15.9. The van der Waals surface area contributed by atoms with Crippen LogP contribution in [0.4, 0.5) is 28.4 Å². The summed E-state index contributed by atoms with van der Waals surface area (Å²) in [5.74, 6) is 0. The maximum Gasteiger partial charge on any atom is 0.0969 e. The molecule has 0 fully saturated rings. The molecule has 0 N–H and O–H groups in total. The highest BCUT2D eigenvalue weighted by atomic mass is 15.2. The van der Waals surface area contributed by atoms with E-state index in [2.05, 4.69) is 255 Å². The molecule has 9 aromatic rings. The van der Waals surface area contributed by atoms with Crippen molar-refractivity contribution in [2.75, 3.05) is 9.80 Å². The Morgan fingerprint density at radius 1 is 0.438 bits per heavy atom. The predicted octanol–water partition coefficient (Wildman–Crippen LogP) is 15.7. The van der Waals surface area contributed by atoms with Crippen molar-refractivity contribution in [3.05, 3.63) is 247 Å². The molecule has 1 aromatic heterocycles. The molecule has 308 valence electrons.